The Hall–Kier alpha value is -3.48. The molecule has 0 spiro atoms. The molecule has 0 aliphatic heterocycles. The highest BCUT2D eigenvalue weighted by atomic mass is 16.4. The van der Waals surface area contributed by atoms with Gasteiger partial charge < -0.3 is 15.1 Å². The maximum absolute atomic E-state index is 12.2. The number of nitrogens with zero attached hydrogens (tertiary/aromatic N) is 2. The molecule has 2 aromatic heterocycles. The largest absolute Gasteiger partial charge is 0.441 e. The topological polar surface area (TPSA) is 97.1 Å². The molecular formula is C23H26N4O3. The predicted octanol–water partition coefficient (Wildman–Crippen LogP) is 4.35. The third-order valence-corrected chi connectivity index (χ3v) is 4.35. The van der Waals surface area contributed by atoms with E-state index in [1.54, 1.807) is 30.5 Å². The second-order valence-electron chi connectivity index (χ2n) is 8.31. The highest BCUT2D eigenvalue weighted by Gasteiger charge is 2.17. The zero-order valence-electron chi connectivity index (χ0n) is 17.7. The summed E-state index contributed by atoms with van der Waals surface area (Å²) in [7, 11) is 0. The smallest absolute Gasteiger partial charge is 0.257 e. The molecule has 2 N–H and O–H groups in total. The molecule has 0 saturated carbocycles. The molecule has 0 aliphatic rings. The van der Waals surface area contributed by atoms with Crippen LogP contribution in [0.5, 0.6) is 0 Å². The lowest BCUT2D eigenvalue weighted by Gasteiger charge is -2.16. The molecule has 0 saturated heterocycles. The average Bonchev–Trinajstić information content (AvgIpc) is 3.07. The van der Waals surface area contributed by atoms with Crippen molar-refractivity contribution in [2.24, 2.45) is 5.41 Å². The zero-order valence-corrected chi connectivity index (χ0v) is 17.7. The van der Waals surface area contributed by atoms with Crippen LogP contribution in [0, 0.1) is 12.3 Å². The molecule has 2 amide bonds. The summed E-state index contributed by atoms with van der Waals surface area (Å²) in [6.07, 6.45) is 3.58. The number of amides is 2. The second-order valence-corrected chi connectivity index (χ2v) is 8.31. The van der Waals surface area contributed by atoms with Gasteiger partial charge >= 0.3 is 0 Å². The summed E-state index contributed by atoms with van der Waals surface area (Å²) in [5, 5.41) is 5.72. The number of aryl methyl sites for hydroxylation is 1. The minimum atomic E-state index is -0.226. The van der Waals surface area contributed by atoms with E-state index in [-0.39, 0.29) is 17.2 Å². The molecule has 156 valence electrons. The summed E-state index contributed by atoms with van der Waals surface area (Å²) in [5.41, 5.74) is 2.56. The molecule has 2 heterocycles. The third-order valence-electron chi connectivity index (χ3n) is 4.35. The number of pyridine rings is 1. The molecule has 0 bridgehead atoms. The van der Waals surface area contributed by atoms with Crippen LogP contribution in [0.3, 0.4) is 0 Å². The van der Waals surface area contributed by atoms with Crippen molar-refractivity contribution in [3.63, 3.8) is 0 Å². The van der Waals surface area contributed by atoms with E-state index in [0.717, 1.165) is 5.56 Å². The van der Waals surface area contributed by atoms with Crippen molar-refractivity contribution in [1.29, 1.82) is 0 Å². The summed E-state index contributed by atoms with van der Waals surface area (Å²) < 4.78 is 5.77. The van der Waals surface area contributed by atoms with Gasteiger partial charge in [0.05, 0.1) is 12.1 Å². The fraction of sp³-hybridized carbons (Fsp3) is 0.304. The van der Waals surface area contributed by atoms with Crippen LogP contribution in [0.4, 0.5) is 5.69 Å². The van der Waals surface area contributed by atoms with E-state index in [1.807, 2.05) is 39.8 Å². The van der Waals surface area contributed by atoms with Crippen molar-refractivity contribution in [2.45, 2.75) is 40.7 Å². The normalized spacial score (nSPS) is 11.2. The predicted molar refractivity (Wildman–Crippen MR) is 115 cm³/mol. The first-order valence-electron chi connectivity index (χ1n) is 9.76. The number of hydrogen-bond donors (Lipinski definition) is 2. The summed E-state index contributed by atoms with van der Waals surface area (Å²) >= 11 is 0. The molecule has 0 aliphatic carbocycles. The Bertz CT molecular complexity index is 1020. The standard InChI is InChI=1S/C23H26N4O3/c1-15-19(14-25-20(28)12-23(2,3)4)27-22(30-15)16-7-9-18(10-8-16)26-21(29)17-6-5-11-24-13-17/h5-11,13H,12,14H2,1-4H3,(H,25,28)(H,26,29). The molecule has 7 heteroatoms. The van der Waals surface area contributed by atoms with Crippen LogP contribution in [-0.4, -0.2) is 21.8 Å². The maximum Gasteiger partial charge on any atom is 0.257 e. The zero-order chi connectivity index (χ0) is 21.7. The molecule has 1 aromatic carbocycles. The summed E-state index contributed by atoms with van der Waals surface area (Å²) in [6.45, 7) is 8.21. The molecular weight excluding hydrogens is 380 g/mol. The van der Waals surface area contributed by atoms with Crippen LogP contribution < -0.4 is 10.6 Å². The van der Waals surface area contributed by atoms with E-state index < -0.39 is 0 Å². The highest BCUT2D eigenvalue weighted by molar-refractivity contribution is 6.04. The van der Waals surface area contributed by atoms with Crippen LogP contribution >= 0.6 is 0 Å². The van der Waals surface area contributed by atoms with Gasteiger partial charge in [-0.15, -0.1) is 0 Å². The van der Waals surface area contributed by atoms with Gasteiger partial charge in [0.1, 0.15) is 11.5 Å². The number of carbonyl (C=O) groups excluding carboxylic acids is 2. The summed E-state index contributed by atoms with van der Waals surface area (Å²) in [4.78, 5) is 32.7. The lowest BCUT2D eigenvalue weighted by molar-refractivity contribution is -0.123. The SMILES string of the molecule is Cc1oc(-c2ccc(NC(=O)c3cccnc3)cc2)nc1CNC(=O)CC(C)(C)C. The lowest BCUT2D eigenvalue weighted by atomic mass is 9.92. The number of hydrogen-bond acceptors (Lipinski definition) is 5. The van der Waals surface area contributed by atoms with Crippen molar-refractivity contribution in [3.05, 3.63) is 65.8 Å². The quantitative estimate of drug-likeness (QED) is 0.634. The number of aromatic nitrogens is 2. The Morgan fingerprint density at radius 2 is 1.83 bits per heavy atom. The minimum absolute atomic E-state index is 0.0137. The number of anilines is 1. The number of nitrogens with one attached hydrogen (secondary N) is 2. The lowest BCUT2D eigenvalue weighted by Crippen LogP contribution is -2.27. The van der Waals surface area contributed by atoms with Gasteiger partial charge in [0, 0.05) is 30.1 Å². The van der Waals surface area contributed by atoms with Crippen molar-refractivity contribution in [3.8, 4) is 11.5 Å². The fourth-order valence-electron chi connectivity index (χ4n) is 2.84. The Morgan fingerprint density at radius 1 is 1.10 bits per heavy atom. The van der Waals surface area contributed by atoms with Gasteiger partial charge in [-0.2, -0.15) is 0 Å². The van der Waals surface area contributed by atoms with Gasteiger partial charge in [0.25, 0.3) is 5.91 Å². The van der Waals surface area contributed by atoms with E-state index in [0.29, 0.717) is 41.6 Å². The third kappa shape index (κ3) is 5.76. The van der Waals surface area contributed by atoms with Gasteiger partial charge in [0.15, 0.2) is 0 Å². The van der Waals surface area contributed by atoms with Gasteiger partial charge in [-0.05, 0) is 48.7 Å². The molecule has 0 atom stereocenters. The highest BCUT2D eigenvalue weighted by Crippen LogP contribution is 2.24. The van der Waals surface area contributed by atoms with E-state index in [4.69, 9.17) is 4.42 Å². The van der Waals surface area contributed by atoms with Crippen LogP contribution in [0.2, 0.25) is 0 Å². The van der Waals surface area contributed by atoms with Crippen molar-refractivity contribution in [2.75, 3.05) is 5.32 Å². The summed E-state index contributed by atoms with van der Waals surface area (Å²) in [6, 6.07) is 10.6. The molecule has 0 unspecified atom stereocenters. The number of carbonyl (C=O) groups is 2. The summed E-state index contributed by atoms with van der Waals surface area (Å²) in [5.74, 6) is 0.893. The first-order chi connectivity index (χ1) is 14.2. The Labute approximate surface area is 175 Å². The van der Waals surface area contributed by atoms with Gasteiger partial charge in [0.2, 0.25) is 11.8 Å². The van der Waals surface area contributed by atoms with E-state index in [1.165, 1.54) is 6.20 Å². The van der Waals surface area contributed by atoms with Crippen molar-refractivity contribution >= 4 is 17.5 Å². The second kappa shape index (κ2) is 8.90. The number of rotatable bonds is 6. The van der Waals surface area contributed by atoms with Gasteiger partial charge in [-0.3, -0.25) is 14.6 Å². The monoisotopic (exact) mass is 406 g/mol. The number of benzene rings is 1. The van der Waals surface area contributed by atoms with Crippen molar-refractivity contribution < 1.29 is 14.0 Å². The van der Waals surface area contributed by atoms with Gasteiger partial charge in [-0.1, -0.05) is 20.8 Å². The van der Waals surface area contributed by atoms with Crippen LogP contribution in [-0.2, 0) is 11.3 Å². The molecule has 0 radical (unpaired) electrons. The molecule has 0 fully saturated rings. The van der Waals surface area contributed by atoms with Crippen molar-refractivity contribution in [1.82, 2.24) is 15.3 Å². The molecule has 30 heavy (non-hydrogen) atoms. The van der Waals surface area contributed by atoms with E-state index in [9.17, 15) is 9.59 Å². The fourth-order valence-corrected chi connectivity index (χ4v) is 2.84. The average molecular weight is 406 g/mol. The van der Waals surface area contributed by atoms with Crippen LogP contribution in [0.1, 0.15) is 49.0 Å². The minimum Gasteiger partial charge on any atom is -0.441 e. The number of oxazole rings is 1. The maximum atomic E-state index is 12.2. The molecule has 3 aromatic rings. The van der Waals surface area contributed by atoms with Gasteiger partial charge in [-0.25, -0.2) is 4.98 Å². The first kappa shape index (κ1) is 21.2. The molecule has 3 rings (SSSR count). The van der Waals surface area contributed by atoms with Crippen LogP contribution in [0.25, 0.3) is 11.5 Å². The Balaban J connectivity index is 1.63. The Morgan fingerprint density at radius 3 is 2.47 bits per heavy atom. The van der Waals surface area contributed by atoms with E-state index >= 15 is 0 Å². The Kier molecular flexibility index (Phi) is 6.30. The van der Waals surface area contributed by atoms with Crippen LogP contribution in [0.15, 0.2) is 53.2 Å². The first-order valence-corrected chi connectivity index (χ1v) is 9.76. The van der Waals surface area contributed by atoms with E-state index in [2.05, 4.69) is 20.6 Å². The molecule has 7 nitrogen and oxygen atoms in total.